The molecule has 5 nitrogen and oxygen atoms in total. The van der Waals surface area contributed by atoms with Gasteiger partial charge in [-0.3, -0.25) is 0 Å². The summed E-state index contributed by atoms with van der Waals surface area (Å²) in [4.78, 5) is 6.71. The Morgan fingerprint density at radius 3 is 2.93 bits per heavy atom. The summed E-state index contributed by atoms with van der Waals surface area (Å²) in [6, 6.07) is 0.593. The molecule has 0 spiro atoms. The first-order chi connectivity index (χ1) is 7.20. The second kappa shape index (κ2) is 4.28. The van der Waals surface area contributed by atoms with E-state index in [-0.39, 0.29) is 0 Å². The third kappa shape index (κ3) is 2.18. The third-order valence-corrected chi connectivity index (χ3v) is 2.97. The molecule has 5 heteroatoms. The fourth-order valence-electron chi connectivity index (χ4n) is 1.98. The number of nitrogens with zero attached hydrogens (tertiary/aromatic N) is 3. The van der Waals surface area contributed by atoms with Crippen molar-refractivity contribution in [2.45, 2.75) is 38.8 Å². The highest BCUT2D eigenvalue weighted by molar-refractivity contribution is 5.00. The maximum absolute atomic E-state index is 5.43. The van der Waals surface area contributed by atoms with Crippen LogP contribution in [0.5, 0.6) is 0 Å². The smallest absolute Gasteiger partial charge is 0.240 e. The van der Waals surface area contributed by atoms with Crippen LogP contribution in [0.4, 0.5) is 0 Å². The lowest BCUT2D eigenvalue weighted by Crippen LogP contribution is -2.28. The highest BCUT2D eigenvalue weighted by Crippen LogP contribution is 2.26. The van der Waals surface area contributed by atoms with Gasteiger partial charge in [0.15, 0.2) is 5.82 Å². The molecule has 1 unspecified atom stereocenters. The minimum absolute atomic E-state index is 0.327. The summed E-state index contributed by atoms with van der Waals surface area (Å²) in [5.41, 5.74) is 5.43. The quantitative estimate of drug-likeness (QED) is 0.796. The van der Waals surface area contributed by atoms with Crippen molar-refractivity contribution in [2.24, 2.45) is 5.73 Å². The topological polar surface area (TPSA) is 68.2 Å². The van der Waals surface area contributed by atoms with Crippen LogP contribution in [0.2, 0.25) is 0 Å². The van der Waals surface area contributed by atoms with Gasteiger partial charge in [0.05, 0.1) is 6.54 Å². The molecule has 84 valence electrons. The van der Waals surface area contributed by atoms with Gasteiger partial charge in [-0.25, -0.2) is 0 Å². The molecule has 0 aliphatic carbocycles. The second-order valence-corrected chi connectivity index (χ2v) is 4.32. The van der Waals surface area contributed by atoms with Crippen LogP contribution in [-0.4, -0.2) is 34.2 Å². The van der Waals surface area contributed by atoms with Gasteiger partial charge in [-0.2, -0.15) is 4.98 Å². The first kappa shape index (κ1) is 10.6. The van der Waals surface area contributed by atoms with Crippen molar-refractivity contribution in [1.82, 2.24) is 15.0 Å². The standard InChI is InChI=1S/C10H18N4O/c1-7(2)14-4-3-8(6-14)10-12-9(5-11)15-13-10/h7-8H,3-6,11H2,1-2H3. The van der Waals surface area contributed by atoms with E-state index < -0.39 is 0 Å². The Bertz CT molecular complexity index is 323. The number of rotatable bonds is 3. The Morgan fingerprint density at radius 1 is 1.60 bits per heavy atom. The number of nitrogens with two attached hydrogens (primary N) is 1. The Kier molecular flexibility index (Phi) is 3.02. The normalized spacial score (nSPS) is 22.8. The number of hydrogen-bond acceptors (Lipinski definition) is 5. The van der Waals surface area contributed by atoms with E-state index in [1.165, 1.54) is 0 Å². The molecule has 1 aromatic rings. The zero-order valence-corrected chi connectivity index (χ0v) is 9.31. The van der Waals surface area contributed by atoms with Gasteiger partial charge in [0.25, 0.3) is 0 Å². The van der Waals surface area contributed by atoms with E-state index in [4.69, 9.17) is 10.3 Å². The van der Waals surface area contributed by atoms with E-state index >= 15 is 0 Å². The van der Waals surface area contributed by atoms with Crippen molar-refractivity contribution in [3.05, 3.63) is 11.7 Å². The Hall–Kier alpha value is -0.940. The Balaban J connectivity index is 2.01. The zero-order valence-electron chi connectivity index (χ0n) is 9.31. The minimum atomic E-state index is 0.327. The van der Waals surface area contributed by atoms with Crippen molar-refractivity contribution >= 4 is 0 Å². The first-order valence-electron chi connectivity index (χ1n) is 5.47. The predicted molar refractivity (Wildman–Crippen MR) is 56.3 cm³/mol. The van der Waals surface area contributed by atoms with Crippen LogP contribution in [0.15, 0.2) is 4.52 Å². The van der Waals surface area contributed by atoms with E-state index in [9.17, 15) is 0 Å². The first-order valence-corrected chi connectivity index (χ1v) is 5.47. The SMILES string of the molecule is CC(C)N1CCC(c2noc(CN)n2)C1. The molecule has 1 saturated heterocycles. The molecule has 1 aromatic heterocycles. The molecule has 2 N–H and O–H groups in total. The van der Waals surface area contributed by atoms with Crippen LogP contribution in [-0.2, 0) is 6.54 Å². The Morgan fingerprint density at radius 2 is 2.40 bits per heavy atom. The van der Waals surface area contributed by atoms with Crippen molar-refractivity contribution in [2.75, 3.05) is 13.1 Å². The lowest BCUT2D eigenvalue weighted by molar-refractivity contribution is 0.271. The fraction of sp³-hybridized carbons (Fsp3) is 0.800. The molecule has 1 aliphatic heterocycles. The molecule has 0 amide bonds. The molecule has 1 atom stereocenters. The largest absolute Gasteiger partial charge is 0.338 e. The van der Waals surface area contributed by atoms with Crippen molar-refractivity contribution in [1.29, 1.82) is 0 Å². The summed E-state index contributed by atoms with van der Waals surface area (Å²) in [7, 11) is 0. The fourth-order valence-corrected chi connectivity index (χ4v) is 1.98. The molecular formula is C10H18N4O. The summed E-state index contributed by atoms with van der Waals surface area (Å²) >= 11 is 0. The average molecular weight is 210 g/mol. The second-order valence-electron chi connectivity index (χ2n) is 4.32. The molecule has 0 saturated carbocycles. The molecule has 15 heavy (non-hydrogen) atoms. The predicted octanol–water partition coefficient (Wildman–Crippen LogP) is 0.726. The molecule has 0 aromatic carbocycles. The highest BCUT2D eigenvalue weighted by atomic mass is 16.5. The summed E-state index contributed by atoms with van der Waals surface area (Å²) in [5, 5.41) is 3.97. The third-order valence-electron chi connectivity index (χ3n) is 2.97. The van der Waals surface area contributed by atoms with Crippen LogP contribution in [0.3, 0.4) is 0 Å². The number of aromatic nitrogens is 2. The zero-order chi connectivity index (χ0) is 10.8. The number of hydrogen-bond donors (Lipinski definition) is 1. The monoisotopic (exact) mass is 210 g/mol. The van der Waals surface area contributed by atoms with Gasteiger partial charge >= 0.3 is 0 Å². The molecule has 0 bridgehead atoms. The van der Waals surface area contributed by atoms with Crippen molar-refractivity contribution < 1.29 is 4.52 Å². The molecule has 1 aliphatic rings. The maximum atomic E-state index is 5.43. The Labute approximate surface area is 89.6 Å². The summed E-state index contributed by atoms with van der Waals surface area (Å²) in [6.07, 6.45) is 1.11. The van der Waals surface area contributed by atoms with E-state index in [1.54, 1.807) is 0 Å². The summed E-state index contributed by atoms with van der Waals surface area (Å²) in [5.74, 6) is 1.77. The van der Waals surface area contributed by atoms with Gasteiger partial charge in [0.1, 0.15) is 0 Å². The van der Waals surface area contributed by atoms with E-state index in [0.29, 0.717) is 24.4 Å². The molecule has 2 heterocycles. The summed E-state index contributed by atoms with van der Waals surface area (Å²) < 4.78 is 5.02. The van der Waals surface area contributed by atoms with Gasteiger partial charge in [-0.05, 0) is 26.8 Å². The van der Waals surface area contributed by atoms with Gasteiger partial charge < -0.3 is 15.2 Å². The van der Waals surface area contributed by atoms with Gasteiger partial charge in [-0.15, -0.1) is 0 Å². The molecule has 1 fully saturated rings. The highest BCUT2D eigenvalue weighted by Gasteiger charge is 2.28. The lowest BCUT2D eigenvalue weighted by atomic mass is 10.1. The minimum Gasteiger partial charge on any atom is -0.338 e. The number of likely N-dealkylation sites (tertiary alicyclic amines) is 1. The average Bonchev–Trinajstić information content (AvgIpc) is 2.86. The molecule has 2 rings (SSSR count). The lowest BCUT2D eigenvalue weighted by Gasteiger charge is -2.19. The van der Waals surface area contributed by atoms with E-state index in [0.717, 1.165) is 25.3 Å². The summed E-state index contributed by atoms with van der Waals surface area (Å²) in [6.45, 7) is 6.90. The maximum Gasteiger partial charge on any atom is 0.240 e. The van der Waals surface area contributed by atoms with Crippen LogP contribution in [0, 0.1) is 0 Å². The van der Waals surface area contributed by atoms with Gasteiger partial charge in [0, 0.05) is 18.5 Å². The van der Waals surface area contributed by atoms with Gasteiger partial charge in [0.2, 0.25) is 5.89 Å². The van der Waals surface area contributed by atoms with Crippen LogP contribution >= 0.6 is 0 Å². The van der Waals surface area contributed by atoms with Crippen LogP contribution < -0.4 is 5.73 Å². The van der Waals surface area contributed by atoms with Crippen LogP contribution in [0.1, 0.15) is 37.9 Å². The van der Waals surface area contributed by atoms with E-state index in [2.05, 4.69) is 28.9 Å². The van der Waals surface area contributed by atoms with Crippen LogP contribution in [0.25, 0.3) is 0 Å². The van der Waals surface area contributed by atoms with Crippen molar-refractivity contribution in [3.63, 3.8) is 0 Å². The van der Waals surface area contributed by atoms with Gasteiger partial charge in [-0.1, -0.05) is 5.16 Å². The molecule has 0 radical (unpaired) electrons. The molecular weight excluding hydrogens is 192 g/mol. The van der Waals surface area contributed by atoms with E-state index in [1.807, 2.05) is 0 Å². The van der Waals surface area contributed by atoms with Crippen molar-refractivity contribution in [3.8, 4) is 0 Å².